The standard InChI is InChI=1S/C26H21Br2FO6/c1-3-12-34-23(31)11-9-18-22(33-2)14-20(27)26(24(18)28)35-17-8-10-21(30)19(13-17)25(32)15-4-6-16(29)7-5-15/h4-11,13-14,30H,3,12H2,1-2H3/b11-9+. The fourth-order valence-electron chi connectivity index (χ4n) is 3.05. The number of rotatable bonds is 9. The topological polar surface area (TPSA) is 82.1 Å². The lowest BCUT2D eigenvalue weighted by atomic mass is 10.0. The molecule has 0 saturated heterocycles. The van der Waals surface area contributed by atoms with Gasteiger partial charge in [0.2, 0.25) is 0 Å². The Balaban J connectivity index is 1.95. The van der Waals surface area contributed by atoms with Gasteiger partial charge in [0, 0.05) is 17.2 Å². The molecule has 0 aliphatic carbocycles. The molecule has 3 aromatic carbocycles. The van der Waals surface area contributed by atoms with Gasteiger partial charge >= 0.3 is 5.97 Å². The lowest BCUT2D eigenvalue weighted by Crippen LogP contribution is -2.02. The molecule has 0 amide bonds. The number of ether oxygens (including phenoxy) is 3. The quantitative estimate of drug-likeness (QED) is 0.159. The molecular weight excluding hydrogens is 587 g/mol. The molecule has 182 valence electrons. The predicted octanol–water partition coefficient (Wildman–Crippen LogP) is 7.05. The molecule has 0 unspecified atom stereocenters. The first-order valence-corrected chi connectivity index (χ1v) is 12.1. The van der Waals surface area contributed by atoms with Gasteiger partial charge in [0.1, 0.15) is 23.1 Å². The highest BCUT2D eigenvalue weighted by atomic mass is 79.9. The van der Waals surface area contributed by atoms with Crippen LogP contribution in [0.4, 0.5) is 4.39 Å². The first-order chi connectivity index (χ1) is 16.7. The van der Waals surface area contributed by atoms with Crippen molar-refractivity contribution in [2.75, 3.05) is 13.7 Å². The van der Waals surface area contributed by atoms with Gasteiger partial charge in [-0.05, 0) is 92.9 Å². The number of esters is 1. The number of hydrogen-bond acceptors (Lipinski definition) is 6. The minimum atomic E-state index is -0.492. The number of phenols is 1. The van der Waals surface area contributed by atoms with E-state index in [9.17, 15) is 19.1 Å². The van der Waals surface area contributed by atoms with E-state index < -0.39 is 17.6 Å². The second-order valence-corrected chi connectivity index (χ2v) is 8.88. The van der Waals surface area contributed by atoms with E-state index in [4.69, 9.17) is 14.2 Å². The monoisotopic (exact) mass is 606 g/mol. The molecule has 0 heterocycles. The van der Waals surface area contributed by atoms with E-state index in [1.54, 1.807) is 12.1 Å². The van der Waals surface area contributed by atoms with Crippen LogP contribution in [0.3, 0.4) is 0 Å². The summed E-state index contributed by atoms with van der Waals surface area (Å²) in [6.07, 6.45) is 3.54. The number of ketones is 1. The Kier molecular flexibility index (Phi) is 9.06. The zero-order valence-corrected chi connectivity index (χ0v) is 22.0. The highest BCUT2D eigenvalue weighted by Crippen LogP contribution is 2.44. The summed E-state index contributed by atoms with van der Waals surface area (Å²) in [5.41, 5.74) is 0.738. The summed E-state index contributed by atoms with van der Waals surface area (Å²) in [5, 5.41) is 10.3. The smallest absolute Gasteiger partial charge is 0.330 e. The lowest BCUT2D eigenvalue weighted by Gasteiger charge is -2.16. The van der Waals surface area contributed by atoms with Crippen LogP contribution in [-0.4, -0.2) is 30.6 Å². The average Bonchev–Trinajstić information content (AvgIpc) is 2.85. The van der Waals surface area contributed by atoms with Crippen LogP contribution in [0.15, 0.2) is 63.6 Å². The second kappa shape index (κ2) is 12.0. The summed E-state index contributed by atoms with van der Waals surface area (Å²) in [6.45, 7) is 2.22. The third-order valence-electron chi connectivity index (χ3n) is 4.77. The fraction of sp³-hybridized carbons (Fsp3) is 0.154. The molecule has 3 aromatic rings. The number of hydrogen-bond donors (Lipinski definition) is 1. The number of benzene rings is 3. The maximum Gasteiger partial charge on any atom is 0.330 e. The van der Waals surface area contributed by atoms with E-state index in [2.05, 4.69) is 31.9 Å². The van der Waals surface area contributed by atoms with Crippen molar-refractivity contribution in [1.29, 1.82) is 0 Å². The van der Waals surface area contributed by atoms with Gasteiger partial charge in [-0.3, -0.25) is 4.79 Å². The zero-order valence-electron chi connectivity index (χ0n) is 18.8. The molecule has 0 spiro atoms. The minimum Gasteiger partial charge on any atom is -0.507 e. The average molecular weight is 608 g/mol. The van der Waals surface area contributed by atoms with Gasteiger partial charge in [0.15, 0.2) is 11.5 Å². The molecule has 0 aromatic heterocycles. The highest BCUT2D eigenvalue weighted by Gasteiger charge is 2.19. The summed E-state index contributed by atoms with van der Waals surface area (Å²) in [5.74, 6) is -0.623. The first kappa shape index (κ1) is 26.4. The number of carbonyl (C=O) groups excluding carboxylic acids is 2. The Morgan fingerprint density at radius 3 is 2.46 bits per heavy atom. The van der Waals surface area contributed by atoms with Crippen molar-refractivity contribution in [3.05, 3.63) is 86.1 Å². The molecule has 9 heteroatoms. The van der Waals surface area contributed by atoms with Crippen molar-refractivity contribution in [1.82, 2.24) is 0 Å². The summed E-state index contributed by atoms with van der Waals surface area (Å²) >= 11 is 6.95. The first-order valence-electron chi connectivity index (χ1n) is 10.5. The van der Waals surface area contributed by atoms with Gasteiger partial charge in [0.25, 0.3) is 0 Å². The number of carbonyl (C=O) groups is 2. The Morgan fingerprint density at radius 1 is 1.09 bits per heavy atom. The fourth-order valence-corrected chi connectivity index (χ4v) is 4.42. The van der Waals surface area contributed by atoms with E-state index in [0.29, 0.717) is 39.0 Å². The number of methoxy groups -OCH3 is 1. The summed E-state index contributed by atoms with van der Waals surface area (Å²) in [4.78, 5) is 24.8. The molecular formula is C26H21Br2FO6. The maximum atomic E-state index is 13.2. The molecule has 3 rings (SSSR count). The Morgan fingerprint density at radius 2 is 1.80 bits per heavy atom. The molecule has 1 N–H and O–H groups in total. The van der Waals surface area contributed by atoms with Gasteiger partial charge in [-0.2, -0.15) is 0 Å². The molecule has 0 aliphatic rings. The largest absolute Gasteiger partial charge is 0.507 e. The van der Waals surface area contributed by atoms with Crippen molar-refractivity contribution in [3.63, 3.8) is 0 Å². The molecule has 0 saturated carbocycles. The third-order valence-corrected chi connectivity index (χ3v) is 6.15. The molecule has 0 radical (unpaired) electrons. The minimum absolute atomic E-state index is 0.00588. The van der Waals surface area contributed by atoms with Crippen molar-refractivity contribution >= 4 is 49.7 Å². The lowest BCUT2D eigenvalue weighted by molar-refractivity contribution is -0.137. The van der Waals surface area contributed by atoms with Crippen LogP contribution in [0.1, 0.15) is 34.8 Å². The number of phenolic OH excluding ortho intramolecular Hbond substituents is 1. The molecule has 6 nitrogen and oxygen atoms in total. The van der Waals surface area contributed by atoms with E-state index >= 15 is 0 Å². The SMILES string of the molecule is CCCOC(=O)/C=C/c1c(OC)cc(Br)c(Oc2ccc(O)c(C(=O)c3ccc(F)cc3)c2)c1Br. The van der Waals surface area contributed by atoms with Crippen molar-refractivity contribution in [2.45, 2.75) is 13.3 Å². The summed E-state index contributed by atoms with van der Waals surface area (Å²) in [7, 11) is 1.49. The van der Waals surface area contributed by atoms with E-state index in [0.717, 1.165) is 0 Å². The van der Waals surface area contributed by atoms with Gasteiger partial charge in [-0.25, -0.2) is 9.18 Å². The van der Waals surface area contributed by atoms with Crippen LogP contribution in [-0.2, 0) is 9.53 Å². The van der Waals surface area contributed by atoms with Crippen molar-refractivity contribution in [3.8, 4) is 23.0 Å². The summed E-state index contributed by atoms with van der Waals surface area (Å²) in [6, 6.07) is 10.9. The second-order valence-electron chi connectivity index (χ2n) is 7.24. The molecule has 35 heavy (non-hydrogen) atoms. The van der Waals surface area contributed by atoms with Crippen LogP contribution in [0, 0.1) is 5.82 Å². The van der Waals surface area contributed by atoms with Crippen molar-refractivity contribution in [2.24, 2.45) is 0 Å². The van der Waals surface area contributed by atoms with E-state index in [-0.39, 0.29) is 22.6 Å². The van der Waals surface area contributed by atoms with Crippen LogP contribution in [0.2, 0.25) is 0 Å². The third kappa shape index (κ3) is 6.49. The molecule has 0 atom stereocenters. The zero-order chi connectivity index (χ0) is 25.5. The van der Waals surface area contributed by atoms with Crippen molar-refractivity contribution < 1.29 is 33.3 Å². The maximum absolute atomic E-state index is 13.2. The highest BCUT2D eigenvalue weighted by molar-refractivity contribution is 9.11. The Labute approximate surface area is 218 Å². The Hall–Kier alpha value is -3.17. The number of aromatic hydroxyl groups is 1. The predicted molar refractivity (Wildman–Crippen MR) is 137 cm³/mol. The van der Waals surface area contributed by atoms with Gasteiger partial charge < -0.3 is 19.3 Å². The molecule has 0 aliphatic heterocycles. The van der Waals surface area contributed by atoms with Crippen LogP contribution in [0.25, 0.3) is 6.08 Å². The molecule has 0 fully saturated rings. The summed E-state index contributed by atoms with van der Waals surface area (Å²) < 4.78 is 30.8. The van der Waals surface area contributed by atoms with E-state index in [1.807, 2.05) is 6.92 Å². The van der Waals surface area contributed by atoms with Crippen LogP contribution < -0.4 is 9.47 Å². The van der Waals surface area contributed by atoms with E-state index in [1.165, 1.54) is 55.7 Å². The number of halogens is 3. The molecule has 0 bridgehead atoms. The van der Waals surface area contributed by atoms with Gasteiger partial charge in [-0.15, -0.1) is 0 Å². The van der Waals surface area contributed by atoms with Gasteiger partial charge in [-0.1, -0.05) is 6.92 Å². The van der Waals surface area contributed by atoms with Crippen LogP contribution >= 0.6 is 31.9 Å². The normalized spacial score (nSPS) is 10.9. The van der Waals surface area contributed by atoms with Gasteiger partial charge in [0.05, 0.1) is 28.2 Å². The van der Waals surface area contributed by atoms with Crippen LogP contribution in [0.5, 0.6) is 23.0 Å². The Bertz CT molecular complexity index is 1270.